The minimum atomic E-state index is -4.73. The van der Waals surface area contributed by atoms with Gasteiger partial charge in [-0.05, 0) is 25.0 Å². The predicted molar refractivity (Wildman–Crippen MR) is 102 cm³/mol. The van der Waals surface area contributed by atoms with Crippen LogP contribution in [0.25, 0.3) is 5.57 Å². The fourth-order valence-electron chi connectivity index (χ4n) is 2.49. The minimum Gasteiger partial charge on any atom is -0.418 e. The normalized spacial score (nSPS) is 17.1. The zero-order valence-electron chi connectivity index (χ0n) is 15.2. The molecule has 0 spiro atoms. The number of hydrogen-bond acceptors (Lipinski definition) is 4. The molecule has 0 bridgehead atoms. The van der Waals surface area contributed by atoms with Crippen LogP contribution in [0.5, 0.6) is 5.75 Å². The van der Waals surface area contributed by atoms with Crippen molar-refractivity contribution in [1.82, 2.24) is 10.2 Å². The number of alkyl halides is 6. The number of rotatable bonds is 4. The van der Waals surface area contributed by atoms with Crippen LogP contribution in [0.3, 0.4) is 0 Å². The fourth-order valence-corrected chi connectivity index (χ4v) is 3.09. The van der Waals surface area contributed by atoms with Crippen LogP contribution in [-0.4, -0.2) is 16.4 Å². The summed E-state index contributed by atoms with van der Waals surface area (Å²) in [5.74, 6) is -0.198. The Kier molecular flexibility index (Phi) is 6.55. The molecule has 0 radical (unpaired) electrons. The second-order valence-corrected chi connectivity index (χ2v) is 6.93. The second-order valence-electron chi connectivity index (χ2n) is 6.13. The average molecular weight is 444 g/mol. The summed E-state index contributed by atoms with van der Waals surface area (Å²) in [5, 5.41) is 6.92. The van der Waals surface area contributed by atoms with Crippen molar-refractivity contribution < 1.29 is 30.5 Å². The lowest BCUT2D eigenvalue weighted by molar-refractivity contribution is -0.141. The van der Waals surface area contributed by atoms with Crippen LogP contribution >= 0.6 is 12.0 Å². The molecule has 0 saturated carbocycles. The van der Waals surface area contributed by atoms with Crippen molar-refractivity contribution in [3.63, 3.8) is 0 Å². The Balaban J connectivity index is 1.86. The summed E-state index contributed by atoms with van der Waals surface area (Å²) in [4.78, 5) is 0.312. The van der Waals surface area contributed by atoms with Crippen molar-refractivity contribution in [3.8, 4) is 5.75 Å². The Hall–Kier alpha value is -2.75. The van der Waals surface area contributed by atoms with Crippen LogP contribution in [0.2, 0.25) is 0 Å². The van der Waals surface area contributed by atoms with Gasteiger partial charge in [0.25, 0.3) is 0 Å². The Morgan fingerprint density at radius 2 is 1.67 bits per heavy atom. The number of aromatic nitrogens is 2. The second kappa shape index (κ2) is 8.95. The summed E-state index contributed by atoms with van der Waals surface area (Å²) in [6, 6.07) is 0.721. The first-order chi connectivity index (χ1) is 14.1. The molecule has 158 valence electrons. The Morgan fingerprint density at radius 3 is 2.40 bits per heavy atom. The number of allylic oxidation sites excluding steroid dienone is 11. The van der Waals surface area contributed by atoms with Crippen molar-refractivity contribution in [2.75, 3.05) is 0 Å². The van der Waals surface area contributed by atoms with Gasteiger partial charge in [0.2, 0.25) is 0 Å². The molecule has 1 aromatic heterocycles. The highest BCUT2D eigenvalue weighted by atomic mass is 32.2. The summed E-state index contributed by atoms with van der Waals surface area (Å²) < 4.78 is 83.2. The first kappa shape index (κ1) is 21.9. The van der Waals surface area contributed by atoms with E-state index >= 15 is 0 Å². The Bertz CT molecular complexity index is 984. The van der Waals surface area contributed by atoms with E-state index in [1.165, 1.54) is 12.2 Å². The molecule has 3 rings (SSSR count). The Labute approximate surface area is 172 Å². The van der Waals surface area contributed by atoms with Gasteiger partial charge < -0.3 is 4.18 Å². The first-order valence-electron chi connectivity index (χ1n) is 8.63. The topological polar surface area (TPSA) is 35.0 Å². The largest absolute Gasteiger partial charge is 0.435 e. The van der Waals surface area contributed by atoms with Crippen molar-refractivity contribution in [1.29, 1.82) is 0 Å². The average Bonchev–Trinajstić information content (AvgIpc) is 3.08. The van der Waals surface area contributed by atoms with Gasteiger partial charge in [-0.1, -0.05) is 42.5 Å². The van der Waals surface area contributed by atoms with Crippen molar-refractivity contribution >= 4 is 17.6 Å². The van der Waals surface area contributed by atoms with E-state index in [-0.39, 0.29) is 17.9 Å². The van der Waals surface area contributed by atoms with E-state index in [2.05, 4.69) is 10.2 Å². The summed E-state index contributed by atoms with van der Waals surface area (Å²) in [6.45, 7) is 0. The molecular formula is C20H14F6N2OS. The maximum atomic E-state index is 13.1. The lowest BCUT2D eigenvalue weighted by atomic mass is 10.1. The highest BCUT2D eigenvalue weighted by molar-refractivity contribution is 7.99. The van der Waals surface area contributed by atoms with Crippen LogP contribution in [-0.2, 0) is 6.18 Å². The maximum absolute atomic E-state index is 13.1. The zero-order valence-corrected chi connectivity index (χ0v) is 16.0. The number of hydrogen-bond donors (Lipinski definition) is 0. The smallest absolute Gasteiger partial charge is 0.418 e. The van der Waals surface area contributed by atoms with E-state index in [9.17, 15) is 26.3 Å². The molecule has 2 aliphatic rings. The molecule has 1 heterocycles. The third-order valence-corrected chi connectivity index (χ3v) is 4.70. The molecule has 1 aromatic rings. The molecule has 30 heavy (non-hydrogen) atoms. The van der Waals surface area contributed by atoms with Crippen molar-refractivity contribution in [2.45, 2.75) is 25.2 Å². The summed E-state index contributed by atoms with van der Waals surface area (Å²) in [7, 11) is 0. The van der Waals surface area contributed by atoms with Crippen LogP contribution in [0.1, 0.15) is 24.2 Å². The lowest BCUT2D eigenvalue weighted by Crippen LogP contribution is -2.10. The van der Waals surface area contributed by atoms with Gasteiger partial charge in [-0.3, -0.25) is 0 Å². The molecule has 2 aliphatic carbocycles. The van der Waals surface area contributed by atoms with E-state index < -0.39 is 23.6 Å². The standard InChI is InChI=1S/C20H14F6N2OS/c21-19(22,23)14-8-5-9-15(11-10-14)30-29-16-12-17(20(24,25)26)27-28-18(16)13-6-3-1-2-4-7-13/h1,3-4,6-12H,2,5H2. The first-order valence-corrected chi connectivity index (χ1v) is 9.37. The molecule has 0 aromatic carbocycles. The highest BCUT2D eigenvalue weighted by Crippen LogP contribution is 2.36. The fraction of sp³-hybridized carbons (Fsp3) is 0.200. The number of nitrogens with zero attached hydrogens (tertiary/aromatic N) is 2. The van der Waals surface area contributed by atoms with Gasteiger partial charge in [-0.15, -0.1) is 10.2 Å². The molecule has 0 N–H and O–H groups in total. The number of halogens is 6. The molecule has 0 atom stereocenters. The van der Waals surface area contributed by atoms with Crippen LogP contribution in [0.15, 0.2) is 71.2 Å². The Morgan fingerprint density at radius 1 is 0.867 bits per heavy atom. The predicted octanol–water partition coefficient (Wildman–Crippen LogP) is 6.75. The van der Waals surface area contributed by atoms with Gasteiger partial charge in [-0.2, -0.15) is 26.3 Å². The van der Waals surface area contributed by atoms with E-state index in [1.54, 1.807) is 24.3 Å². The zero-order chi connectivity index (χ0) is 21.8. The molecule has 0 amide bonds. The monoisotopic (exact) mass is 444 g/mol. The molecule has 0 unspecified atom stereocenters. The van der Waals surface area contributed by atoms with Crippen molar-refractivity contribution in [2.24, 2.45) is 0 Å². The van der Waals surface area contributed by atoms with Gasteiger partial charge in [0, 0.05) is 16.5 Å². The minimum absolute atomic E-state index is 0.00146. The SMILES string of the molecule is FC(F)(F)C1=CCC=C(SOc2cc(C(F)(F)F)nnc2C2=CC=CCC=C2)C=C1. The summed E-state index contributed by atoms with van der Waals surface area (Å²) in [6.07, 6.45) is 4.73. The van der Waals surface area contributed by atoms with Crippen LogP contribution in [0, 0.1) is 0 Å². The summed E-state index contributed by atoms with van der Waals surface area (Å²) in [5.41, 5.74) is -1.46. The quantitative estimate of drug-likeness (QED) is 0.380. The van der Waals surface area contributed by atoms with Gasteiger partial charge in [0.15, 0.2) is 11.4 Å². The summed E-state index contributed by atoms with van der Waals surface area (Å²) >= 11 is 0.648. The van der Waals surface area contributed by atoms with Gasteiger partial charge in [-0.25, -0.2) is 0 Å². The maximum Gasteiger partial charge on any atom is 0.435 e. The molecule has 10 heteroatoms. The van der Waals surface area contributed by atoms with E-state index in [0.717, 1.165) is 18.2 Å². The molecule has 0 fully saturated rings. The van der Waals surface area contributed by atoms with Crippen LogP contribution in [0.4, 0.5) is 26.3 Å². The van der Waals surface area contributed by atoms with E-state index in [0.29, 0.717) is 28.9 Å². The third-order valence-electron chi connectivity index (χ3n) is 3.94. The van der Waals surface area contributed by atoms with Gasteiger partial charge >= 0.3 is 12.4 Å². The molecule has 3 nitrogen and oxygen atoms in total. The van der Waals surface area contributed by atoms with E-state index in [1.807, 2.05) is 6.08 Å². The molecular weight excluding hydrogens is 430 g/mol. The van der Waals surface area contributed by atoms with Crippen LogP contribution < -0.4 is 4.18 Å². The third kappa shape index (κ3) is 5.65. The lowest BCUT2D eigenvalue weighted by Gasteiger charge is -2.12. The van der Waals surface area contributed by atoms with E-state index in [4.69, 9.17) is 4.18 Å². The van der Waals surface area contributed by atoms with Gasteiger partial charge in [0.05, 0.1) is 17.6 Å². The molecule has 0 aliphatic heterocycles. The highest BCUT2D eigenvalue weighted by Gasteiger charge is 2.35. The molecule has 0 saturated heterocycles. The van der Waals surface area contributed by atoms with Crippen molar-refractivity contribution in [3.05, 3.63) is 82.6 Å². The van der Waals surface area contributed by atoms with Gasteiger partial charge in [0.1, 0.15) is 5.69 Å².